The molecule has 102 valence electrons. The van der Waals surface area contributed by atoms with Crippen molar-refractivity contribution < 1.29 is 4.74 Å². The number of aryl methyl sites for hydroxylation is 2. The van der Waals surface area contributed by atoms with Crippen LogP contribution in [0.1, 0.15) is 30.9 Å². The minimum atomic E-state index is 0.277. The molecule has 1 aromatic carbocycles. The summed E-state index contributed by atoms with van der Waals surface area (Å²) in [5, 5.41) is 0. The van der Waals surface area contributed by atoms with E-state index in [1.165, 1.54) is 16.8 Å². The summed E-state index contributed by atoms with van der Waals surface area (Å²) in [4.78, 5) is 2.25. The molecule has 2 N–H and O–H groups in total. The summed E-state index contributed by atoms with van der Waals surface area (Å²) in [6.07, 6.45) is 2.15. The summed E-state index contributed by atoms with van der Waals surface area (Å²) in [5.41, 5.74) is 9.40. The maximum atomic E-state index is 5.78. The van der Waals surface area contributed by atoms with Gasteiger partial charge < -0.3 is 15.4 Å². The lowest BCUT2D eigenvalue weighted by Gasteiger charge is -2.24. The number of benzene rings is 1. The highest BCUT2D eigenvalue weighted by Gasteiger charge is 2.11. The van der Waals surface area contributed by atoms with Crippen LogP contribution in [0, 0.1) is 13.8 Å². The molecule has 1 aromatic rings. The fraction of sp³-hybridized carbons (Fsp3) is 0.600. The van der Waals surface area contributed by atoms with Gasteiger partial charge in [-0.15, -0.1) is 0 Å². The van der Waals surface area contributed by atoms with Gasteiger partial charge in [0.1, 0.15) is 5.75 Å². The second kappa shape index (κ2) is 6.64. The van der Waals surface area contributed by atoms with Gasteiger partial charge in [0.15, 0.2) is 0 Å². The minimum Gasteiger partial charge on any atom is -0.494 e. The predicted octanol–water partition coefficient (Wildman–Crippen LogP) is 2.88. The van der Waals surface area contributed by atoms with Crippen LogP contribution < -0.4 is 15.4 Å². The molecule has 1 unspecified atom stereocenters. The Morgan fingerprint density at radius 2 is 2.00 bits per heavy atom. The van der Waals surface area contributed by atoms with Crippen molar-refractivity contribution in [1.82, 2.24) is 0 Å². The maximum Gasteiger partial charge on any atom is 0.145 e. The second-order valence-electron chi connectivity index (χ2n) is 5.18. The zero-order chi connectivity index (χ0) is 13.7. The van der Waals surface area contributed by atoms with E-state index in [0.717, 1.165) is 25.1 Å². The third-order valence-corrected chi connectivity index (χ3v) is 3.17. The van der Waals surface area contributed by atoms with Gasteiger partial charge >= 0.3 is 0 Å². The molecule has 0 aliphatic heterocycles. The number of nitrogens with zero attached hydrogens (tertiary/aromatic N) is 1. The van der Waals surface area contributed by atoms with E-state index in [2.05, 4.69) is 44.9 Å². The summed E-state index contributed by atoms with van der Waals surface area (Å²) < 4.78 is 5.51. The highest BCUT2D eigenvalue weighted by molar-refractivity contribution is 5.63. The SMILES string of the molecule is COc1c(C)cc(C)cc1N(C)CCCC(C)N. The molecule has 0 spiro atoms. The zero-order valence-corrected chi connectivity index (χ0v) is 12.3. The Morgan fingerprint density at radius 1 is 1.33 bits per heavy atom. The van der Waals surface area contributed by atoms with Gasteiger partial charge in [-0.3, -0.25) is 0 Å². The molecule has 0 saturated carbocycles. The molecule has 3 nitrogen and oxygen atoms in total. The number of rotatable bonds is 6. The highest BCUT2D eigenvalue weighted by Crippen LogP contribution is 2.32. The normalized spacial score (nSPS) is 12.3. The van der Waals surface area contributed by atoms with Crippen molar-refractivity contribution in [3.05, 3.63) is 23.3 Å². The minimum absolute atomic E-state index is 0.277. The fourth-order valence-electron chi connectivity index (χ4n) is 2.25. The van der Waals surface area contributed by atoms with Crippen molar-refractivity contribution in [2.24, 2.45) is 5.73 Å². The highest BCUT2D eigenvalue weighted by atomic mass is 16.5. The molecule has 3 heteroatoms. The summed E-state index contributed by atoms with van der Waals surface area (Å²) in [7, 11) is 3.84. The van der Waals surface area contributed by atoms with Crippen LogP contribution in [-0.2, 0) is 0 Å². The van der Waals surface area contributed by atoms with Crippen LogP contribution in [0.4, 0.5) is 5.69 Å². The molecular weight excluding hydrogens is 224 g/mol. The van der Waals surface area contributed by atoms with Gasteiger partial charge in [0.05, 0.1) is 12.8 Å². The second-order valence-corrected chi connectivity index (χ2v) is 5.18. The van der Waals surface area contributed by atoms with Crippen LogP contribution in [0.2, 0.25) is 0 Å². The van der Waals surface area contributed by atoms with E-state index in [-0.39, 0.29) is 6.04 Å². The molecule has 0 heterocycles. The van der Waals surface area contributed by atoms with Gasteiger partial charge in [-0.2, -0.15) is 0 Å². The molecule has 0 radical (unpaired) electrons. The van der Waals surface area contributed by atoms with Crippen molar-refractivity contribution in [1.29, 1.82) is 0 Å². The Morgan fingerprint density at radius 3 is 2.56 bits per heavy atom. The number of hydrogen-bond donors (Lipinski definition) is 1. The zero-order valence-electron chi connectivity index (χ0n) is 12.3. The Hall–Kier alpha value is -1.22. The Balaban J connectivity index is 2.80. The Bertz CT molecular complexity index is 388. The predicted molar refractivity (Wildman–Crippen MR) is 78.6 cm³/mol. The van der Waals surface area contributed by atoms with E-state index in [0.29, 0.717) is 0 Å². The lowest BCUT2D eigenvalue weighted by atomic mass is 10.1. The van der Waals surface area contributed by atoms with E-state index < -0.39 is 0 Å². The molecule has 1 atom stereocenters. The van der Waals surface area contributed by atoms with Crippen LogP contribution in [0.25, 0.3) is 0 Å². The van der Waals surface area contributed by atoms with E-state index in [1.54, 1.807) is 7.11 Å². The third kappa shape index (κ3) is 3.91. The van der Waals surface area contributed by atoms with Crippen LogP contribution in [-0.4, -0.2) is 26.7 Å². The van der Waals surface area contributed by atoms with Gasteiger partial charge in [0, 0.05) is 19.6 Å². The molecule has 18 heavy (non-hydrogen) atoms. The average molecular weight is 250 g/mol. The molecule has 1 rings (SSSR count). The van der Waals surface area contributed by atoms with Crippen molar-refractivity contribution >= 4 is 5.69 Å². The summed E-state index contributed by atoms with van der Waals surface area (Å²) in [6, 6.07) is 4.61. The lowest BCUT2D eigenvalue weighted by molar-refractivity contribution is 0.411. The van der Waals surface area contributed by atoms with Crippen LogP contribution in [0.3, 0.4) is 0 Å². The van der Waals surface area contributed by atoms with Crippen LogP contribution >= 0.6 is 0 Å². The van der Waals surface area contributed by atoms with E-state index in [9.17, 15) is 0 Å². The number of methoxy groups -OCH3 is 1. The van der Waals surface area contributed by atoms with Gasteiger partial charge in [-0.1, -0.05) is 6.07 Å². The summed E-state index contributed by atoms with van der Waals surface area (Å²) in [5.74, 6) is 0.976. The molecular formula is C15H26N2O. The fourth-order valence-corrected chi connectivity index (χ4v) is 2.25. The first kappa shape index (κ1) is 14.8. The van der Waals surface area contributed by atoms with Crippen LogP contribution in [0.15, 0.2) is 12.1 Å². The first-order valence-electron chi connectivity index (χ1n) is 6.57. The Kier molecular flexibility index (Phi) is 5.48. The molecule has 0 aliphatic rings. The van der Waals surface area contributed by atoms with E-state index in [4.69, 9.17) is 10.5 Å². The van der Waals surface area contributed by atoms with Crippen molar-refractivity contribution in [3.63, 3.8) is 0 Å². The molecule has 0 bridgehead atoms. The quantitative estimate of drug-likeness (QED) is 0.843. The number of hydrogen-bond acceptors (Lipinski definition) is 3. The van der Waals surface area contributed by atoms with Crippen molar-refractivity contribution in [2.45, 2.75) is 39.7 Å². The lowest BCUT2D eigenvalue weighted by Crippen LogP contribution is -2.22. The first-order chi connectivity index (χ1) is 8.45. The van der Waals surface area contributed by atoms with Gasteiger partial charge in [-0.25, -0.2) is 0 Å². The topological polar surface area (TPSA) is 38.5 Å². The monoisotopic (exact) mass is 250 g/mol. The Labute approximate surface area is 111 Å². The average Bonchev–Trinajstić information content (AvgIpc) is 2.27. The number of nitrogens with two attached hydrogens (primary N) is 1. The maximum absolute atomic E-state index is 5.78. The van der Waals surface area contributed by atoms with Crippen LogP contribution in [0.5, 0.6) is 5.75 Å². The first-order valence-corrected chi connectivity index (χ1v) is 6.57. The summed E-state index contributed by atoms with van der Waals surface area (Å²) in [6.45, 7) is 7.26. The number of ether oxygens (including phenoxy) is 1. The van der Waals surface area contributed by atoms with Gasteiger partial charge in [0.2, 0.25) is 0 Å². The van der Waals surface area contributed by atoms with E-state index >= 15 is 0 Å². The number of anilines is 1. The molecule has 0 fully saturated rings. The molecule has 0 amide bonds. The molecule has 0 aliphatic carbocycles. The molecule has 0 aromatic heterocycles. The third-order valence-electron chi connectivity index (χ3n) is 3.17. The largest absolute Gasteiger partial charge is 0.494 e. The van der Waals surface area contributed by atoms with E-state index in [1.807, 2.05) is 0 Å². The van der Waals surface area contributed by atoms with Crippen molar-refractivity contribution in [3.8, 4) is 5.75 Å². The summed E-state index contributed by atoms with van der Waals surface area (Å²) >= 11 is 0. The van der Waals surface area contributed by atoms with Crippen molar-refractivity contribution in [2.75, 3.05) is 25.6 Å². The standard InChI is InChI=1S/C15H26N2O/c1-11-9-12(2)15(18-5)14(10-11)17(4)8-6-7-13(3)16/h9-10,13H,6-8,16H2,1-5H3. The smallest absolute Gasteiger partial charge is 0.145 e. The van der Waals surface area contributed by atoms with Gasteiger partial charge in [0.25, 0.3) is 0 Å². The molecule has 0 saturated heterocycles. The van der Waals surface area contributed by atoms with Gasteiger partial charge in [-0.05, 0) is 50.8 Å².